The first-order valence-corrected chi connectivity index (χ1v) is 12.0. The van der Waals surface area contributed by atoms with Gasteiger partial charge in [-0.15, -0.1) is 11.8 Å². The number of hydrogen-bond donors (Lipinski definition) is 1. The van der Waals surface area contributed by atoms with Crippen LogP contribution in [-0.4, -0.2) is 35.1 Å². The second-order valence-corrected chi connectivity index (χ2v) is 9.19. The molecule has 0 bridgehead atoms. The van der Waals surface area contributed by atoms with Crippen molar-refractivity contribution in [3.63, 3.8) is 0 Å². The third-order valence-corrected chi connectivity index (χ3v) is 6.13. The molecule has 0 saturated carbocycles. The number of carbonyl (C=O) groups is 2. The topological polar surface area (TPSA) is 49.4 Å². The van der Waals surface area contributed by atoms with Crippen molar-refractivity contribution in [2.45, 2.75) is 45.5 Å². The van der Waals surface area contributed by atoms with E-state index in [1.807, 2.05) is 39.0 Å². The molecule has 0 aromatic heterocycles. The van der Waals surface area contributed by atoms with Crippen molar-refractivity contribution in [2.24, 2.45) is 5.92 Å². The maximum absolute atomic E-state index is 13.2. The van der Waals surface area contributed by atoms with E-state index in [0.717, 1.165) is 11.1 Å². The summed E-state index contributed by atoms with van der Waals surface area (Å²) in [4.78, 5) is 27.6. The molecule has 1 N–H and O–H groups in total. The third kappa shape index (κ3) is 8.19. The van der Waals surface area contributed by atoms with E-state index in [-0.39, 0.29) is 29.9 Å². The average Bonchev–Trinajstić information content (AvgIpc) is 2.74. The number of carbonyl (C=O) groups excluding carboxylic acids is 2. The van der Waals surface area contributed by atoms with E-state index in [1.54, 1.807) is 23.1 Å². The largest absolute Gasteiger partial charge is 0.354 e. The predicted octanol–water partition coefficient (Wildman–Crippen LogP) is 5.29. The number of rotatable bonds is 11. The summed E-state index contributed by atoms with van der Waals surface area (Å²) >= 11 is 7.77. The highest BCUT2D eigenvalue weighted by Gasteiger charge is 2.29. The molecule has 168 valence electrons. The molecule has 31 heavy (non-hydrogen) atoms. The van der Waals surface area contributed by atoms with Crippen LogP contribution in [0.1, 0.15) is 38.3 Å². The molecule has 0 aliphatic carbocycles. The SMILES string of the molecule is CC[C@@H](C(=O)NCC(C)C)N(Cc1ccccc1Cl)C(=O)CSCc1ccc(F)cc1. The Balaban J connectivity index is 2.12. The molecule has 1 atom stereocenters. The van der Waals surface area contributed by atoms with E-state index in [0.29, 0.717) is 29.7 Å². The van der Waals surface area contributed by atoms with Crippen LogP contribution in [0, 0.1) is 11.7 Å². The minimum absolute atomic E-state index is 0.126. The second-order valence-electron chi connectivity index (χ2n) is 7.80. The summed E-state index contributed by atoms with van der Waals surface area (Å²) in [7, 11) is 0. The van der Waals surface area contributed by atoms with E-state index in [2.05, 4.69) is 5.32 Å². The smallest absolute Gasteiger partial charge is 0.242 e. The number of halogens is 2. The number of amides is 2. The fourth-order valence-electron chi connectivity index (χ4n) is 3.07. The van der Waals surface area contributed by atoms with Gasteiger partial charge in [-0.1, -0.05) is 62.7 Å². The lowest BCUT2D eigenvalue weighted by Crippen LogP contribution is -2.50. The molecule has 0 radical (unpaired) electrons. The van der Waals surface area contributed by atoms with Crippen molar-refractivity contribution >= 4 is 35.2 Å². The maximum atomic E-state index is 13.2. The van der Waals surface area contributed by atoms with Gasteiger partial charge in [0, 0.05) is 23.9 Å². The molecule has 2 amide bonds. The first kappa shape index (κ1) is 25.2. The van der Waals surface area contributed by atoms with Crippen molar-refractivity contribution in [2.75, 3.05) is 12.3 Å². The van der Waals surface area contributed by atoms with E-state index in [4.69, 9.17) is 11.6 Å². The number of nitrogens with zero attached hydrogens (tertiary/aromatic N) is 1. The summed E-state index contributed by atoms with van der Waals surface area (Å²) in [5.41, 5.74) is 1.75. The minimum atomic E-state index is -0.575. The van der Waals surface area contributed by atoms with Gasteiger partial charge >= 0.3 is 0 Å². The molecular weight excluding hydrogens is 435 g/mol. The van der Waals surface area contributed by atoms with Gasteiger partial charge in [-0.05, 0) is 41.7 Å². The Hall–Kier alpha value is -2.05. The molecule has 0 unspecified atom stereocenters. The highest BCUT2D eigenvalue weighted by molar-refractivity contribution is 7.99. The molecule has 4 nitrogen and oxygen atoms in total. The van der Waals surface area contributed by atoms with E-state index >= 15 is 0 Å². The van der Waals surface area contributed by atoms with Crippen LogP contribution in [0.4, 0.5) is 4.39 Å². The van der Waals surface area contributed by atoms with Crippen LogP contribution in [-0.2, 0) is 21.9 Å². The molecule has 7 heteroatoms. The Kier molecular flexibility index (Phi) is 10.3. The van der Waals surface area contributed by atoms with Crippen LogP contribution in [0.25, 0.3) is 0 Å². The zero-order chi connectivity index (χ0) is 22.8. The van der Waals surface area contributed by atoms with Gasteiger partial charge in [0.25, 0.3) is 0 Å². The first-order valence-electron chi connectivity index (χ1n) is 10.4. The van der Waals surface area contributed by atoms with Crippen molar-refractivity contribution in [3.05, 3.63) is 70.5 Å². The van der Waals surface area contributed by atoms with Crippen LogP contribution >= 0.6 is 23.4 Å². The number of benzene rings is 2. The summed E-state index contributed by atoms with van der Waals surface area (Å²) in [5.74, 6) is 0.561. The van der Waals surface area contributed by atoms with Gasteiger partial charge in [-0.25, -0.2) is 4.39 Å². The second kappa shape index (κ2) is 12.7. The lowest BCUT2D eigenvalue weighted by atomic mass is 10.1. The van der Waals surface area contributed by atoms with Crippen LogP contribution < -0.4 is 5.32 Å². The predicted molar refractivity (Wildman–Crippen MR) is 126 cm³/mol. The Labute approximate surface area is 193 Å². The monoisotopic (exact) mass is 464 g/mol. The van der Waals surface area contributed by atoms with Gasteiger partial charge in [0.15, 0.2) is 0 Å². The Morgan fingerprint density at radius 1 is 1.13 bits per heavy atom. The van der Waals surface area contributed by atoms with Crippen molar-refractivity contribution in [1.29, 1.82) is 0 Å². The van der Waals surface area contributed by atoms with Crippen LogP contribution in [0.2, 0.25) is 5.02 Å². The highest BCUT2D eigenvalue weighted by Crippen LogP contribution is 2.21. The summed E-state index contributed by atoms with van der Waals surface area (Å²) in [6, 6.07) is 13.0. The van der Waals surface area contributed by atoms with E-state index in [1.165, 1.54) is 23.9 Å². The first-order chi connectivity index (χ1) is 14.8. The highest BCUT2D eigenvalue weighted by atomic mass is 35.5. The normalized spacial score (nSPS) is 11.9. The standard InChI is InChI=1S/C24H30ClFN2O2S/c1-4-22(24(30)27-13-17(2)3)28(14-19-7-5-6-8-21(19)25)23(29)16-31-15-18-9-11-20(26)12-10-18/h5-12,17,22H,4,13-16H2,1-3H3,(H,27,30)/t22-/m0/s1. The number of nitrogens with one attached hydrogen (secondary N) is 1. The molecule has 2 aromatic carbocycles. The van der Waals surface area contributed by atoms with Gasteiger partial charge in [-0.3, -0.25) is 9.59 Å². The van der Waals surface area contributed by atoms with Crippen LogP contribution in [0.3, 0.4) is 0 Å². The molecule has 0 spiro atoms. The summed E-state index contributed by atoms with van der Waals surface area (Å²) < 4.78 is 13.1. The third-order valence-electron chi connectivity index (χ3n) is 4.78. The molecule has 0 heterocycles. The minimum Gasteiger partial charge on any atom is -0.354 e. The molecule has 0 aliphatic heterocycles. The quantitative estimate of drug-likeness (QED) is 0.491. The summed E-state index contributed by atoms with van der Waals surface area (Å²) in [6.45, 7) is 6.78. The van der Waals surface area contributed by atoms with Gasteiger partial charge in [0.1, 0.15) is 11.9 Å². The van der Waals surface area contributed by atoms with Crippen molar-refractivity contribution in [1.82, 2.24) is 10.2 Å². The van der Waals surface area contributed by atoms with Crippen LogP contribution in [0.5, 0.6) is 0 Å². The maximum Gasteiger partial charge on any atom is 0.242 e. The number of hydrogen-bond acceptors (Lipinski definition) is 3. The zero-order valence-electron chi connectivity index (χ0n) is 18.2. The molecule has 2 rings (SSSR count). The van der Waals surface area contributed by atoms with Crippen molar-refractivity contribution in [3.8, 4) is 0 Å². The van der Waals surface area contributed by atoms with Gasteiger partial charge < -0.3 is 10.2 Å². The van der Waals surface area contributed by atoms with Gasteiger partial charge in [-0.2, -0.15) is 0 Å². The molecule has 2 aromatic rings. The Bertz CT molecular complexity index is 861. The lowest BCUT2D eigenvalue weighted by Gasteiger charge is -2.31. The fraction of sp³-hybridized carbons (Fsp3) is 0.417. The van der Waals surface area contributed by atoms with E-state index < -0.39 is 6.04 Å². The summed E-state index contributed by atoms with van der Waals surface area (Å²) in [5, 5.41) is 3.51. The lowest BCUT2D eigenvalue weighted by molar-refractivity contribution is -0.139. The Morgan fingerprint density at radius 3 is 2.42 bits per heavy atom. The number of thioether (sulfide) groups is 1. The molecule has 0 aliphatic rings. The van der Waals surface area contributed by atoms with E-state index in [9.17, 15) is 14.0 Å². The molecule has 0 saturated heterocycles. The van der Waals surface area contributed by atoms with Crippen LogP contribution in [0.15, 0.2) is 48.5 Å². The Morgan fingerprint density at radius 2 is 1.81 bits per heavy atom. The van der Waals surface area contributed by atoms with Crippen molar-refractivity contribution < 1.29 is 14.0 Å². The average molecular weight is 465 g/mol. The summed E-state index contributed by atoms with van der Waals surface area (Å²) in [6.07, 6.45) is 0.503. The molecule has 0 fully saturated rings. The molecular formula is C24H30ClFN2O2S. The zero-order valence-corrected chi connectivity index (χ0v) is 19.8. The van der Waals surface area contributed by atoms with Gasteiger partial charge in [0.05, 0.1) is 5.75 Å². The van der Waals surface area contributed by atoms with Gasteiger partial charge in [0.2, 0.25) is 11.8 Å². The fourth-order valence-corrected chi connectivity index (χ4v) is 4.14.